The van der Waals surface area contributed by atoms with E-state index in [1.165, 1.54) is 31.7 Å². The van der Waals surface area contributed by atoms with Gasteiger partial charge in [-0.1, -0.05) is 18.1 Å². The van der Waals surface area contributed by atoms with Crippen molar-refractivity contribution in [3.63, 3.8) is 0 Å². The number of hydrogen-bond donors (Lipinski definition) is 0. The number of halogens is 1. The van der Waals surface area contributed by atoms with E-state index < -0.39 is 5.82 Å². The molecule has 0 aliphatic heterocycles. The van der Waals surface area contributed by atoms with Crippen LogP contribution in [0.3, 0.4) is 0 Å². The first kappa shape index (κ1) is 13.6. The molecule has 3 rings (SSSR count). The zero-order valence-electron chi connectivity index (χ0n) is 12.2. The summed E-state index contributed by atoms with van der Waals surface area (Å²) in [6.07, 6.45) is 5.27. The van der Waals surface area contributed by atoms with Crippen molar-refractivity contribution >= 4 is 5.91 Å². The molecule has 0 aromatic heterocycles. The fourth-order valence-corrected chi connectivity index (χ4v) is 4.04. The van der Waals surface area contributed by atoms with Gasteiger partial charge in [-0.3, -0.25) is 4.79 Å². The minimum Gasteiger partial charge on any atom is -0.341 e. The average Bonchev–Trinajstić information content (AvgIpc) is 3.03. The molecule has 1 aromatic rings. The predicted octanol–water partition coefficient (Wildman–Crippen LogP) is 3.64. The van der Waals surface area contributed by atoms with Crippen molar-refractivity contribution in [2.75, 3.05) is 13.6 Å². The first-order chi connectivity index (χ1) is 9.54. The highest BCUT2D eigenvalue weighted by Gasteiger charge is 2.40. The van der Waals surface area contributed by atoms with E-state index in [0.717, 1.165) is 23.9 Å². The van der Waals surface area contributed by atoms with E-state index in [9.17, 15) is 9.18 Å². The highest BCUT2D eigenvalue weighted by molar-refractivity contribution is 5.94. The summed E-state index contributed by atoms with van der Waals surface area (Å²) < 4.78 is 13.8. The van der Waals surface area contributed by atoms with Gasteiger partial charge in [0.05, 0.1) is 5.56 Å². The largest absolute Gasteiger partial charge is 0.341 e. The maximum atomic E-state index is 13.8. The Hall–Kier alpha value is -1.38. The summed E-state index contributed by atoms with van der Waals surface area (Å²) in [6.45, 7) is 2.65. The van der Waals surface area contributed by atoms with E-state index in [-0.39, 0.29) is 11.5 Å². The summed E-state index contributed by atoms with van der Waals surface area (Å²) >= 11 is 0. The summed E-state index contributed by atoms with van der Waals surface area (Å²) in [6, 6.07) is 4.73. The third-order valence-electron chi connectivity index (χ3n) is 5.09. The summed E-state index contributed by atoms with van der Waals surface area (Å²) in [4.78, 5) is 14.1. The maximum Gasteiger partial charge on any atom is 0.256 e. The lowest BCUT2D eigenvalue weighted by atomic mass is 9.88. The maximum absolute atomic E-state index is 13.8. The molecular weight excluding hydrogens is 253 g/mol. The second-order valence-electron chi connectivity index (χ2n) is 6.60. The van der Waals surface area contributed by atoms with Gasteiger partial charge in [0.2, 0.25) is 0 Å². The number of aryl methyl sites for hydroxylation is 1. The molecule has 3 unspecified atom stereocenters. The minimum absolute atomic E-state index is 0.186. The lowest BCUT2D eigenvalue weighted by Crippen LogP contribution is -2.34. The predicted molar refractivity (Wildman–Crippen MR) is 77.0 cm³/mol. The Balaban J connectivity index is 1.69. The van der Waals surface area contributed by atoms with Crippen LogP contribution in [0.2, 0.25) is 0 Å². The second-order valence-corrected chi connectivity index (χ2v) is 6.60. The molecule has 2 saturated carbocycles. The lowest BCUT2D eigenvalue weighted by Gasteiger charge is -2.27. The molecule has 0 N–H and O–H groups in total. The molecular formula is C17H22FNO. The molecule has 2 bridgehead atoms. The van der Waals surface area contributed by atoms with Crippen molar-refractivity contribution in [2.24, 2.45) is 17.8 Å². The van der Waals surface area contributed by atoms with Gasteiger partial charge in [-0.2, -0.15) is 0 Å². The van der Waals surface area contributed by atoms with Gasteiger partial charge in [0, 0.05) is 13.6 Å². The number of hydrogen-bond acceptors (Lipinski definition) is 1. The normalized spacial score (nSPS) is 27.9. The fraction of sp³-hybridized carbons (Fsp3) is 0.588. The third kappa shape index (κ3) is 2.46. The molecule has 0 heterocycles. The number of rotatable bonds is 3. The highest BCUT2D eigenvalue weighted by atomic mass is 19.1. The highest BCUT2D eigenvalue weighted by Crippen LogP contribution is 2.48. The zero-order valence-corrected chi connectivity index (χ0v) is 12.2. The van der Waals surface area contributed by atoms with E-state index in [1.54, 1.807) is 24.1 Å². The van der Waals surface area contributed by atoms with Crippen LogP contribution in [0.4, 0.5) is 4.39 Å². The van der Waals surface area contributed by atoms with Gasteiger partial charge in [0.1, 0.15) is 5.82 Å². The van der Waals surface area contributed by atoms with E-state index >= 15 is 0 Å². The quantitative estimate of drug-likeness (QED) is 0.824. The van der Waals surface area contributed by atoms with Gasteiger partial charge in [0.25, 0.3) is 5.91 Å². The molecule has 0 radical (unpaired) electrons. The van der Waals surface area contributed by atoms with Gasteiger partial charge in [-0.05, 0) is 56.1 Å². The van der Waals surface area contributed by atoms with E-state index in [2.05, 4.69) is 0 Å². The Morgan fingerprint density at radius 1 is 1.35 bits per heavy atom. The molecule has 2 nitrogen and oxygen atoms in total. The van der Waals surface area contributed by atoms with Crippen molar-refractivity contribution in [3.8, 4) is 0 Å². The molecule has 0 saturated heterocycles. The number of amides is 1. The molecule has 3 atom stereocenters. The van der Waals surface area contributed by atoms with Crippen molar-refractivity contribution < 1.29 is 9.18 Å². The van der Waals surface area contributed by atoms with Gasteiger partial charge in [0.15, 0.2) is 0 Å². The van der Waals surface area contributed by atoms with Crippen LogP contribution in [0.25, 0.3) is 0 Å². The Kier molecular flexibility index (Phi) is 3.53. The van der Waals surface area contributed by atoms with Crippen LogP contribution in [0, 0.1) is 30.5 Å². The van der Waals surface area contributed by atoms with Crippen LogP contribution in [0.15, 0.2) is 18.2 Å². The Bertz CT molecular complexity index is 528. The summed E-state index contributed by atoms with van der Waals surface area (Å²) in [5.74, 6) is 1.69. The average molecular weight is 275 g/mol. The van der Waals surface area contributed by atoms with Gasteiger partial charge >= 0.3 is 0 Å². The summed E-state index contributed by atoms with van der Waals surface area (Å²) in [5.41, 5.74) is 1.12. The van der Waals surface area contributed by atoms with Crippen molar-refractivity contribution in [1.29, 1.82) is 0 Å². The molecule has 108 valence electrons. The minimum atomic E-state index is -0.416. The molecule has 2 aliphatic rings. The monoisotopic (exact) mass is 275 g/mol. The van der Waals surface area contributed by atoms with E-state index in [4.69, 9.17) is 0 Å². The molecule has 2 aliphatic carbocycles. The Morgan fingerprint density at radius 3 is 2.80 bits per heavy atom. The number of nitrogens with zero attached hydrogens (tertiary/aromatic N) is 1. The van der Waals surface area contributed by atoms with Crippen LogP contribution >= 0.6 is 0 Å². The van der Waals surface area contributed by atoms with Crippen LogP contribution in [0.5, 0.6) is 0 Å². The van der Waals surface area contributed by atoms with Crippen LogP contribution < -0.4 is 0 Å². The van der Waals surface area contributed by atoms with Crippen LogP contribution in [-0.4, -0.2) is 24.4 Å². The standard InChI is InChI=1S/C17H22FNO/c1-11-3-6-16(18)15(7-11)17(20)19(2)10-14-9-12-4-5-13(14)8-12/h3,6-7,12-14H,4-5,8-10H2,1-2H3. The van der Waals surface area contributed by atoms with Crippen LogP contribution in [-0.2, 0) is 0 Å². The van der Waals surface area contributed by atoms with Crippen molar-refractivity contribution in [1.82, 2.24) is 4.90 Å². The lowest BCUT2D eigenvalue weighted by molar-refractivity contribution is 0.0749. The van der Waals surface area contributed by atoms with Gasteiger partial charge in [-0.25, -0.2) is 4.39 Å². The first-order valence-electron chi connectivity index (χ1n) is 7.56. The van der Waals surface area contributed by atoms with Crippen molar-refractivity contribution in [3.05, 3.63) is 35.1 Å². The van der Waals surface area contributed by atoms with E-state index in [0.29, 0.717) is 5.92 Å². The van der Waals surface area contributed by atoms with Gasteiger partial charge in [-0.15, -0.1) is 0 Å². The Morgan fingerprint density at radius 2 is 2.15 bits per heavy atom. The topological polar surface area (TPSA) is 20.3 Å². The molecule has 2 fully saturated rings. The molecule has 20 heavy (non-hydrogen) atoms. The number of carbonyl (C=O) groups excluding carboxylic acids is 1. The van der Waals surface area contributed by atoms with Gasteiger partial charge < -0.3 is 4.90 Å². The third-order valence-corrected chi connectivity index (χ3v) is 5.09. The Labute approximate surface area is 120 Å². The number of carbonyl (C=O) groups is 1. The molecule has 1 aromatic carbocycles. The summed E-state index contributed by atoms with van der Waals surface area (Å²) in [7, 11) is 1.80. The second kappa shape index (κ2) is 5.19. The zero-order chi connectivity index (χ0) is 14.3. The summed E-state index contributed by atoms with van der Waals surface area (Å²) in [5, 5.41) is 0. The van der Waals surface area contributed by atoms with E-state index in [1.807, 2.05) is 6.92 Å². The fourth-order valence-electron chi connectivity index (χ4n) is 4.04. The number of fused-ring (bicyclic) bond motifs is 2. The SMILES string of the molecule is Cc1ccc(F)c(C(=O)N(C)CC2CC3CCC2C3)c1. The van der Waals surface area contributed by atoms with Crippen LogP contribution in [0.1, 0.15) is 41.6 Å². The smallest absolute Gasteiger partial charge is 0.256 e. The molecule has 1 amide bonds. The first-order valence-corrected chi connectivity index (χ1v) is 7.56. The molecule has 0 spiro atoms. The van der Waals surface area contributed by atoms with Crippen molar-refractivity contribution in [2.45, 2.75) is 32.6 Å². The molecule has 3 heteroatoms. The number of benzene rings is 1.